The van der Waals surface area contributed by atoms with Crippen molar-refractivity contribution in [1.29, 1.82) is 0 Å². The Bertz CT molecular complexity index is 388. The molecule has 2 rings (SSSR count). The van der Waals surface area contributed by atoms with Crippen LogP contribution < -0.4 is 0 Å². The third-order valence-corrected chi connectivity index (χ3v) is 2.56. The molecule has 0 aromatic carbocycles. The Labute approximate surface area is 87.3 Å². The summed E-state index contributed by atoms with van der Waals surface area (Å²) in [5, 5.41) is 0. The van der Waals surface area contributed by atoms with Crippen molar-refractivity contribution in [2.75, 3.05) is 0 Å². The Morgan fingerprint density at radius 1 is 1.47 bits per heavy atom. The molecule has 0 spiro atoms. The number of hydrogen-bond acceptors (Lipinski definition) is 4. The average Bonchev–Trinajstić information content (AvgIpc) is 2.62. The molecule has 1 fully saturated rings. The number of carbonyl (C=O) groups excluding carboxylic acids is 2. The van der Waals surface area contributed by atoms with E-state index >= 15 is 0 Å². The van der Waals surface area contributed by atoms with Gasteiger partial charge in [-0.05, 0) is 24.6 Å². The maximum Gasteiger partial charge on any atom is 0.317 e. The van der Waals surface area contributed by atoms with Crippen molar-refractivity contribution in [3.63, 3.8) is 0 Å². The largest absolute Gasteiger partial charge is 0.457 e. The number of hydrogen-bond donors (Lipinski definition) is 0. The van der Waals surface area contributed by atoms with Gasteiger partial charge in [-0.1, -0.05) is 0 Å². The molecule has 1 aliphatic heterocycles. The molecule has 0 N–H and O–H groups in total. The van der Waals surface area contributed by atoms with E-state index in [-0.39, 0.29) is 11.9 Å². The summed E-state index contributed by atoms with van der Waals surface area (Å²) < 4.78 is 5.13. The third kappa shape index (κ3) is 1.88. The van der Waals surface area contributed by atoms with Crippen LogP contribution in [-0.2, 0) is 14.3 Å². The summed E-state index contributed by atoms with van der Waals surface area (Å²) >= 11 is 0. The fourth-order valence-electron chi connectivity index (χ4n) is 1.69. The zero-order chi connectivity index (χ0) is 10.8. The second-order valence-corrected chi connectivity index (χ2v) is 3.61. The van der Waals surface area contributed by atoms with Crippen molar-refractivity contribution in [1.82, 2.24) is 4.98 Å². The van der Waals surface area contributed by atoms with E-state index in [0.29, 0.717) is 6.42 Å². The maximum atomic E-state index is 11.3. The highest BCUT2D eigenvalue weighted by Gasteiger charge is 2.37. The lowest BCUT2D eigenvalue weighted by molar-refractivity contribution is -0.146. The van der Waals surface area contributed by atoms with Gasteiger partial charge in [-0.3, -0.25) is 14.6 Å². The number of cyclic esters (lactones) is 1. The SMILES string of the molecule is CC(=O)C1CC(c2ccncc2)OC1=O. The second-order valence-electron chi connectivity index (χ2n) is 3.61. The summed E-state index contributed by atoms with van der Waals surface area (Å²) in [6.07, 6.45) is 3.43. The number of ketones is 1. The van der Waals surface area contributed by atoms with E-state index in [9.17, 15) is 9.59 Å². The van der Waals surface area contributed by atoms with Gasteiger partial charge >= 0.3 is 5.97 Å². The lowest BCUT2D eigenvalue weighted by Crippen LogP contribution is -2.15. The van der Waals surface area contributed by atoms with E-state index in [1.54, 1.807) is 24.5 Å². The van der Waals surface area contributed by atoms with Gasteiger partial charge in [0.2, 0.25) is 0 Å². The summed E-state index contributed by atoms with van der Waals surface area (Å²) in [5.74, 6) is -1.14. The normalized spacial score (nSPS) is 25.0. The van der Waals surface area contributed by atoms with Gasteiger partial charge in [-0.2, -0.15) is 0 Å². The molecule has 15 heavy (non-hydrogen) atoms. The zero-order valence-electron chi connectivity index (χ0n) is 8.34. The van der Waals surface area contributed by atoms with E-state index in [4.69, 9.17) is 4.74 Å². The Balaban J connectivity index is 2.16. The van der Waals surface area contributed by atoms with Crippen molar-refractivity contribution < 1.29 is 14.3 Å². The summed E-state index contributed by atoms with van der Waals surface area (Å²) in [4.78, 5) is 26.3. The third-order valence-electron chi connectivity index (χ3n) is 2.56. The smallest absolute Gasteiger partial charge is 0.317 e. The minimum atomic E-state index is -0.594. The van der Waals surface area contributed by atoms with Gasteiger partial charge in [0.1, 0.15) is 17.8 Å². The standard InChI is InChI=1S/C11H11NO3/c1-7(13)9-6-10(15-11(9)14)8-2-4-12-5-3-8/h2-5,9-10H,6H2,1H3. The van der Waals surface area contributed by atoms with Crippen LogP contribution in [0.4, 0.5) is 0 Å². The molecule has 0 bridgehead atoms. The van der Waals surface area contributed by atoms with Gasteiger partial charge in [-0.15, -0.1) is 0 Å². The molecular formula is C11H11NO3. The van der Waals surface area contributed by atoms with E-state index in [2.05, 4.69) is 4.98 Å². The molecule has 0 radical (unpaired) electrons. The van der Waals surface area contributed by atoms with Crippen LogP contribution in [0.3, 0.4) is 0 Å². The van der Waals surface area contributed by atoms with Crippen LogP contribution in [0.2, 0.25) is 0 Å². The van der Waals surface area contributed by atoms with Gasteiger partial charge in [-0.25, -0.2) is 0 Å². The summed E-state index contributed by atoms with van der Waals surface area (Å²) in [5.41, 5.74) is 0.891. The number of Topliss-reactive ketones (excluding diaryl/α,β-unsaturated/α-hetero) is 1. The first-order chi connectivity index (χ1) is 7.18. The zero-order valence-corrected chi connectivity index (χ0v) is 8.34. The molecule has 1 aromatic heterocycles. The lowest BCUT2D eigenvalue weighted by atomic mass is 9.98. The van der Waals surface area contributed by atoms with Gasteiger partial charge in [0.05, 0.1) is 0 Å². The predicted molar refractivity (Wildman–Crippen MR) is 51.9 cm³/mol. The number of pyridine rings is 1. The van der Waals surface area contributed by atoms with E-state index in [1.807, 2.05) is 0 Å². The molecule has 0 saturated carbocycles. The molecule has 4 nitrogen and oxygen atoms in total. The monoisotopic (exact) mass is 205 g/mol. The first-order valence-electron chi connectivity index (χ1n) is 4.79. The van der Waals surface area contributed by atoms with E-state index in [1.165, 1.54) is 6.92 Å². The number of aromatic nitrogens is 1. The molecule has 0 amide bonds. The van der Waals surface area contributed by atoms with Crippen LogP contribution in [-0.4, -0.2) is 16.7 Å². The Kier molecular flexibility index (Phi) is 2.49. The topological polar surface area (TPSA) is 56.3 Å². The van der Waals surface area contributed by atoms with Crippen LogP contribution >= 0.6 is 0 Å². The molecule has 0 aliphatic carbocycles. The number of rotatable bonds is 2. The Morgan fingerprint density at radius 2 is 2.13 bits per heavy atom. The number of esters is 1. The van der Waals surface area contributed by atoms with Gasteiger partial charge in [0, 0.05) is 18.8 Å². The number of nitrogens with zero attached hydrogens (tertiary/aromatic N) is 1. The van der Waals surface area contributed by atoms with Crippen molar-refractivity contribution in [2.45, 2.75) is 19.4 Å². The molecule has 2 heterocycles. The molecular weight excluding hydrogens is 194 g/mol. The van der Waals surface area contributed by atoms with Crippen LogP contribution in [0, 0.1) is 5.92 Å². The average molecular weight is 205 g/mol. The van der Waals surface area contributed by atoms with Crippen LogP contribution in [0.15, 0.2) is 24.5 Å². The lowest BCUT2D eigenvalue weighted by Gasteiger charge is -2.07. The highest BCUT2D eigenvalue weighted by Crippen LogP contribution is 2.33. The molecule has 1 aromatic rings. The van der Waals surface area contributed by atoms with Gasteiger partial charge < -0.3 is 4.74 Å². The maximum absolute atomic E-state index is 11.3. The minimum absolute atomic E-state index is 0.128. The first kappa shape index (κ1) is 9.83. The number of ether oxygens (including phenoxy) is 1. The predicted octanol–water partition coefficient (Wildman–Crippen LogP) is 1.27. The molecule has 1 aliphatic rings. The minimum Gasteiger partial charge on any atom is -0.457 e. The Morgan fingerprint density at radius 3 is 2.67 bits per heavy atom. The Hall–Kier alpha value is -1.71. The summed E-state index contributed by atoms with van der Waals surface area (Å²) in [6.45, 7) is 1.42. The van der Waals surface area contributed by atoms with Crippen LogP contribution in [0.1, 0.15) is 25.0 Å². The first-order valence-corrected chi connectivity index (χ1v) is 4.79. The van der Waals surface area contributed by atoms with E-state index in [0.717, 1.165) is 5.56 Å². The van der Waals surface area contributed by atoms with Crippen molar-refractivity contribution in [3.8, 4) is 0 Å². The molecule has 1 saturated heterocycles. The highest BCUT2D eigenvalue weighted by molar-refractivity contribution is 5.98. The second kappa shape index (κ2) is 3.81. The highest BCUT2D eigenvalue weighted by atomic mass is 16.6. The van der Waals surface area contributed by atoms with Crippen LogP contribution in [0.5, 0.6) is 0 Å². The quantitative estimate of drug-likeness (QED) is 0.539. The fourth-order valence-corrected chi connectivity index (χ4v) is 1.69. The summed E-state index contributed by atoms with van der Waals surface area (Å²) in [7, 11) is 0. The fraction of sp³-hybridized carbons (Fsp3) is 0.364. The van der Waals surface area contributed by atoms with Crippen molar-refractivity contribution in [2.24, 2.45) is 5.92 Å². The van der Waals surface area contributed by atoms with Gasteiger partial charge in [0.25, 0.3) is 0 Å². The molecule has 2 unspecified atom stereocenters. The number of carbonyl (C=O) groups is 2. The summed E-state index contributed by atoms with van der Waals surface area (Å²) in [6, 6.07) is 3.58. The van der Waals surface area contributed by atoms with Gasteiger partial charge in [0.15, 0.2) is 0 Å². The van der Waals surface area contributed by atoms with Crippen molar-refractivity contribution in [3.05, 3.63) is 30.1 Å². The molecule has 78 valence electrons. The van der Waals surface area contributed by atoms with Crippen LogP contribution in [0.25, 0.3) is 0 Å². The molecule has 4 heteroatoms. The van der Waals surface area contributed by atoms with E-state index < -0.39 is 11.9 Å². The van der Waals surface area contributed by atoms with Crippen molar-refractivity contribution >= 4 is 11.8 Å². The molecule has 2 atom stereocenters.